The number of isocyanates is 1. The van der Waals surface area contributed by atoms with Crippen molar-refractivity contribution in [3.8, 4) is 0 Å². The summed E-state index contributed by atoms with van der Waals surface area (Å²) in [6.45, 7) is 2.28. The lowest BCUT2D eigenvalue weighted by Crippen LogP contribution is -1.86. The molecule has 0 aliphatic carbocycles. The summed E-state index contributed by atoms with van der Waals surface area (Å²) in [4.78, 5) is 34.3. The topological polar surface area (TPSA) is 63.6 Å². The molecule has 0 aliphatic rings. The van der Waals surface area contributed by atoms with Gasteiger partial charge in [0.2, 0.25) is 11.3 Å². The summed E-state index contributed by atoms with van der Waals surface area (Å²) in [6, 6.07) is 6.01. The van der Waals surface area contributed by atoms with E-state index in [1.54, 1.807) is 0 Å². The summed E-state index contributed by atoms with van der Waals surface area (Å²) < 4.78 is 0. The molecule has 0 unspecified atom stereocenters. The number of carbonyl (C=O) groups is 2. The number of hydrogen-bond donors (Lipinski definition) is 0. The van der Waals surface area contributed by atoms with Crippen molar-refractivity contribution < 1.29 is 14.4 Å². The van der Waals surface area contributed by atoms with E-state index >= 15 is 0 Å². The second-order valence-corrected chi connectivity index (χ2v) is 9.90. The van der Waals surface area contributed by atoms with Crippen LogP contribution in [0.1, 0.15) is 139 Å². The molecule has 6 heteroatoms. The molecule has 1 rings (SSSR count). The molecule has 0 spiro atoms. The zero-order valence-electron chi connectivity index (χ0n) is 21.7. The number of hydrogen-bond acceptors (Lipinski definition) is 4. The molecule has 35 heavy (non-hydrogen) atoms. The first-order chi connectivity index (χ1) is 17.0. The van der Waals surface area contributed by atoms with Crippen LogP contribution >= 0.6 is 23.2 Å². The minimum atomic E-state index is -0.531. The van der Waals surface area contributed by atoms with Gasteiger partial charge in [-0.15, -0.1) is 0 Å². The predicted molar refractivity (Wildman–Crippen MR) is 149 cm³/mol. The van der Waals surface area contributed by atoms with Crippen molar-refractivity contribution in [2.75, 3.05) is 0 Å². The fourth-order valence-corrected chi connectivity index (χ4v) is 4.14. The second kappa shape index (κ2) is 25.6. The van der Waals surface area contributed by atoms with Crippen LogP contribution in [0, 0.1) is 0 Å². The monoisotopic (exact) mass is 525 g/mol. The molecule has 0 saturated carbocycles. The van der Waals surface area contributed by atoms with Crippen molar-refractivity contribution in [1.29, 1.82) is 0 Å². The Kier molecular flexibility index (Phi) is 24.5. The Balaban J connectivity index is 0.000000801. The third kappa shape index (κ3) is 24.0. The summed E-state index contributed by atoms with van der Waals surface area (Å²) in [6.07, 6.45) is 26.7. The second-order valence-electron chi connectivity index (χ2n) is 9.14. The van der Waals surface area contributed by atoms with Crippen LogP contribution in [0.3, 0.4) is 0 Å². The Morgan fingerprint density at radius 2 is 1.03 bits per heavy atom. The summed E-state index contributed by atoms with van der Waals surface area (Å²) in [5, 5.41) is -0.710. The summed E-state index contributed by atoms with van der Waals surface area (Å²) >= 11 is 10.5. The standard InChI is InChI=1S/C21H41ClO.C8H4ClNO2/c1-2-3-4-5-6-7-8-9-10-11-12-13-14-15-16-17-18-19-20-21(22)23;9-8(12)6-1-3-7(4-2-6)10-5-11/h2-20H2,1H3;1-4H. The molecule has 0 atom stereocenters. The minimum absolute atomic E-state index is 0.179. The molecule has 0 bridgehead atoms. The average molecular weight is 527 g/mol. The lowest BCUT2D eigenvalue weighted by atomic mass is 10.0. The molecule has 0 saturated heterocycles. The van der Waals surface area contributed by atoms with Gasteiger partial charge < -0.3 is 0 Å². The van der Waals surface area contributed by atoms with E-state index in [0.717, 1.165) is 12.8 Å². The summed E-state index contributed by atoms with van der Waals surface area (Å²) in [5.41, 5.74) is 0.827. The average Bonchev–Trinajstić information content (AvgIpc) is 2.84. The van der Waals surface area contributed by atoms with E-state index in [2.05, 4.69) is 11.9 Å². The van der Waals surface area contributed by atoms with E-state index < -0.39 is 5.24 Å². The lowest BCUT2D eigenvalue weighted by molar-refractivity contribution is -0.111. The quantitative estimate of drug-likeness (QED) is 0.0693. The smallest absolute Gasteiger partial charge is 0.252 e. The maximum absolute atomic E-state index is 10.6. The van der Waals surface area contributed by atoms with Gasteiger partial charge in [-0.2, -0.15) is 4.99 Å². The van der Waals surface area contributed by atoms with E-state index in [1.165, 1.54) is 133 Å². The van der Waals surface area contributed by atoms with Crippen LogP contribution in [-0.2, 0) is 9.59 Å². The highest BCUT2D eigenvalue weighted by Gasteiger charge is 1.99. The molecule has 1 aromatic rings. The van der Waals surface area contributed by atoms with Crippen LogP contribution in [0.25, 0.3) is 0 Å². The van der Waals surface area contributed by atoms with E-state index in [-0.39, 0.29) is 5.24 Å². The van der Waals surface area contributed by atoms with Gasteiger partial charge >= 0.3 is 0 Å². The molecule has 0 fully saturated rings. The van der Waals surface area contributed by atoms with Gasteiger partial charge in [-0.3, -0.25) is 9.59 Å². The zero-order chi connectivity index (χ0) is 26.0. The van der Waals surface area contributed by atoms with E-state index in [4.69, 9.17) is 23.2 Å². The molecule has 198 valence electrons. The number of carbonyl (C=O) groups excluding carboxylic acids is 3. The van der Waals surface area contributed by atoms with Gasteiger partial charge in [0.05, 0.1) is 5.69 Å². The van der Waals surface area contributed by atoms with E-state index in [0.29, 0.717) is 17.7 Å². The number of nitrogens with zero attached hydrogens (tertiary/aromatic N) is 1. The Labute approximate surface area is 223 Å². The van der Waals surface area contributed by atoms with Crippen molar-refractivity contribution in [1.82, 2.24) is 0 Å². The first-order valence-corrected chi connectivity index (χ1v) is 14.3. The van der Waals surface area contributed by atoms with Crippen molar-refractivity contribution in [2.24, 2.45) is 4.99 Å². The molecular formula is C29H45Cl2NO3. The van der Waals surface area contributed by atoms with Crippen molar-refractivity contribution >= 4 is 45.5 Å². The predicted octanol–water partition coefficient (Wildman–Crippen LogP) is 10.2. The fourth-order valence-electron chi connectivity index (χ4n) is 3.89. The van der Waals surface area contributed by atoms with Crippen LogP contribution in [0.5, 0.6) is 0 Å². The molecular weight excluding hydrogens is 481 g/mol. The Hall–Kier alpha value is -1.48. The largest absolute Gasteiger partial charge is 0.281 e. The highest BCUT2D eigenvalue weighted by molar-refractivity contribution is 6.67. The Morgan fingerprint density at radius 1 is 0.657 bits per heavy atom. The first-order valence-electron chi connectivity index (χ1n) is 13.6. The highest BCUT2D eigenvalue weighted by atomic mass is 35.5. The molecule has 4 nitrogen and oxygen atoms in total. The van der Waals surface area contributed by atoms with Gasteiger partial charge in [-0.25, -0.2) is 4.79 Å². The van der Waals surface area contributed by atoms with E-state index in [9.17, 15) is 14.4 Å². The van der Waals surface area contributed by atoms with E-state index in [1.807, 2.05) is 0 Å². The van der Waals surface area contributed by atoms with Crippen molar-refractivity contribution in [3.63, 3.8) is 0 Å². The summed E-state index contributed by atoms with van der Waals surface area (Å²) in [5.74, 6) is 0. The van der Waals surface area contributed by atoms with Gasteiger partial charge in [0.25, 0.3) is 5.24 Å². The first kappa shape index (κ1) is 33.5. The maximum atomic E-state index is 10.6. The zero-order valence-corrected chi connectivity index (χ0v) is 23.2. The SMILES string of the molecule is CCCCCCCCCCCCCCCCCCCCC(=O)Cl.O=C=Nc1ccc(C(=O)Cl)cc1. The van der Waals surface area contributed by atoms with Gasteiger partial charge in [0.15, 0.2) is 0 Å². The minimum Gasteiger partial charge on any atom is -0.281 e. The molecule has 0 amide bonds. The number of aliphatic imine (C=N–C) groups is 1. The number of halogens is 2. The third-order valence-corrected chi connectivity index (χ3v) is 6.40. The molecule has 1 aromatic carbocycles. The van der Waals surface area contributed by atoms with Gasteiger partial charge in [-0.05, 0) is 53.9 Å². The molecule has 0 heterocycles. The number of unbranched alkanes of at least 4 members (excludes halogenated alkanes) is 17. The maximum Gasteiger partial charge on any atom is 0.252 e. The number of rotatable bonds is 21. The Morgan fingerprint density at radius 3 is 1.34 bits per heavy atom. The van der Waals surface area contributed by atoms with Gasteiger partial charge in [-0.1, -0.05) is 116 Å². The fraction of sp³-hybridized carbons (Fsp3) is 0.690. The summed E-state index contributed by atoms with van der Waals surface area (Å²) in [7, 11) is 0. The van der Waals surface area contributed by atoms with Gasteiger partial charge in [0, 0.05) is 12.0 Å². The highest BCUT2D eigenvalue weighted by Crippen LogP contribution is 2.15. The van der Waals surface area contributed by atoms with Crippen LogP contribution in [0.15, 0.2) is 29.3 Å². The van der Waals surface area contributed by atoms with Gasteiger partial charge in [0.1, 0.15) is 0 Å². The third-order valence-electron chi connectivity index (χ3n) is 6.00. The molecule has 0 N–H and O–H groups in total. The molecule has 0 aliphatic heterocycles. The molecule has 0 radical (unpaired) electrons. The van der Waals surface area contributed by atoms with Crippen LogP contribution < -0.4 is 0 Å². The lowest BCUT2D eigenvalue weighted by Gasteiger charge is -2.03. The van der Waals surface area contributed by atoms with Crippen LogP contribution in [-0.4, -0.2) is 16.6 Å². The van der Waals surface area contributed by atoms with Crippen LogP contribution in [0.4, 0.5) is 5.69 Å². The van der Waals surface area contributed by atoms with Crippen LogP contribution in [0.2, 0.25) is 0 Å². The normalized spacial score (nSPS) is 10.3. The van der Waals surface area contributed by atoms with Crippen molar-refractivity contribution in [2.45, 2.75) is 129 Å². The number of benzene rings is 1. The Bertz CT molecular complexity index is 679. The molecule has 0 aromatic heterocycles. The van der Waals surface area contributed by atoms with Crippen molar-refractivity contribution in [3.05, 3.63) is 29.8 Å².